The Bertz CT molecular complexity index is 1140. The molecular weight excluding hydrogens is 380 g/mol. The zero-order chi connectivity index (χ0) is 20.7. The summed E-state index contributed by atoms with van der Waals surface area (Å²) in [6, 6.07) is 11.5. The smallest absolute Gasteiger partial charge is 0.330 e. The average molecular weight is 406 g/mol. The lowest BCUT2D eigenvalue weighted by atomic mass is 10.2. The number of rotatable bonds is 6. The Hall–Kier alpha value is -3.09. The molecule has 0 bridgehead atoms. The molecule has 2 aliphatic rings. The van der Waals surface area contributed by atoms with Crippen molar-refractivity contribution in [1.82, 2.24) is 19.0 Å². The first kappa shape index (κ1) is 18.9. The molecule has 1 aromatic carbocycles. The third-order valence-electron chi connectivity index (χ3n) is 6.09. The molecule has 7 nitrogen and oxygen atoms in total. The third-order valence-corrected chi connectivity index (χ3v) is 6.09. The molecule has 1 saturated heterocycles. The van der Waals surface area contributed by atoms with E-state index >= 15 is 0 Å². The molecule has 1 saturated carbocycles. The van der Waals surface area contributed by atoms with Gasteiger partial charge in [-0.15, -0.1) is 0 Å². The highest BCUT2D eigenvalue weighted by Gasteiger charge is 2.32. The summed E-state index contributed by atoms with van der Waals surface area (Å²) in [5, 5.41) is 0. The molecule has 2 aromatic heterocycles. The molecule has 1 aliphatic heterocycles. The van der Waals surface area contributed by atoms with E-state index < -0.39 is 0 Å². The maximum absolute atomic E-state index is 13.2. The maximum atomic E-state index is 13.2. The van der Waals surface area contributed by atoms with E-state index in [-0.39, 0.29) is 24.2 Å². The van der Waals surface area contributed by atoms with Gasteiger partial charge in [0.2, 0.25) is 0 Å². The van der Waals surface area contributed by atoms with E-state index in [1.807, 2.05) is 47.9 Å². The first-order chi connectivity index (χ1) is 14.6. The van der Waals surface area contributed by atoms with Crippen LogP contribution >= 0.6 is 0 Å². The number of aromatic nitrogens is 3. The number of likely N-dealkylation sites (tertiary alicyclic amines) is 1. The second kappa shape index (κ2) is 7.63. The number of ether oxygens (including phenoxy) is 1. The number of pyridine rings is 1. The van der Waals surface area contributed by atoms with E-state index in [2.05, 4.69) is 4.98 Å². The Morgan fingerprint density at radius 2 is 2.07 bits per heavy atom. The fourth-order valence-corrected chi connectivity index (χ4v) is 4.29. The van der Waals surface area contributed by atoms with E-state index in [0.29, 0.717) is 24.8 Å². The van der Waals surface area contributed by atoms with Gasteiger partial charge in [0.25, 0.3) is 5.91 Å². The molecule has 0 spiro atoms. The van der Waals surface area contributed by atoms with E-state index in [9.17, 15) is 9.59 Å². The molecule has 5 rings (SSSR count). The monoisotopic (exact) mass is 406 g/mol. The van der Waals surface area contributed by atoms with Crippen molar-refractivity contribution >= 4 is 17.1 Å². The highest BCUT2D eigenvalue weighted by atomic mass is 16.5. The van der Waals surface area contributed by atoms with Crippen molar-refractivity contribution in [2.45, 2.75) is 38.8 Å². The number of benzene rings is 1. The molecule has 3 heterocycles. The van der Waals surface area contributed by atoms with Gasteiger partial charge in [-0.2, -0.15) is 0 Å². The quantitative estimate of drug-likeness (QED) is 0.631. The Kier molecular flexibility index (Phi) is 4.81. The van der Waals surface area contributed by atoms with Crippen LogP contribution in [0.2, 0.25) is 0 Å². The lowest BCUT2D eigenvalue weighted by Gasteiger charge is -2.17. The zero-order valence-corrected chi connectivity index (χ0v) is 17.2. The van der Waals surface area contributed by atoms with Gasteiger partial charge in [0.1, 0.15) is 5.75 Å². The minimum atomic E-state index is -0.0572. The standard InChI is InChI=1S/C23H26N4O3/c1-16-4-2-5-19(12-16)30-15-21(28)25-11-9-18(14-25)27-22-20(6-3-10-24-22)26(23(27)29)13-17-7-8-17/h2-6,10,12,17-18H,7-9,11,13-15H2,1H3/t18-/m1/s1. The predicted molar refractivity (Wildman–Crippen MR) is 114 cm³/mol. The van der Waals surface area contributed by atoms with E-state index in [1.165, 1.54) is 12.8 Å². The van der Waals surface area contributed by atoms with Crippen LogP contribution in [0.25, 0.3) is 11.2 Å². The Morgan fingerprint density at radius 3 is 2.87 bits per heavy atom. The third kappa shape index (κ3) is 3.60. The van der Waals surface area contributed by atoms with E-state index in [4.69, 9.17) is 4.74 Å². The fourth-order valence-electron chi connectivity index (χ4n) is 4.29. The summed E-state index contributed by atoms with van der Waals surface area (Å²) >= 11 is 0. The summed E-state index contributed by atoms with van der Waals surface area (Å²) in [5.41, 5.74) is 2.70. The van der Waals surface area contributed by atoms with Crippen LogP contribution in [0.1, 0.15) is 30.9 Å². The molecule has 30 heavy (non-hydrogen) atoms. The maximum Gasteiger partial charge on any atom is 0.330 e. The number of aryl methyl sites for hydroxylation is 1. The van der Waals surface area contributed by atoms with Crippen molar-refractivity contribution in [3.05, 3.63) is 58.6 Å². The second-order valence-corrected chi connectivity index (χ2v) is 8.44. The van der Waals surface area contributed by atoms with Gasteiger partial charge in [-0.25, -0.2) is 9.78 Å². The highest BCUT2D eigenvalue weighted by molar-refractivity contribution is 5.78. The molecular formula is C23H26N4O3. The summed E-state index contributed by atoms with van der Waals surface area (Å²) in [6.07, 6.45) is 4.85. The molecule has 0 unspecified atom stereocenters. The molecule has 7 heteroatoms. The predicted octanol–water partition coefficient (Wildman–Crippen LogP) is 2.77. The topological polar surface area (TPSA) is 69.4 Å². The van der Waals surface area contributed by atoms with Gasteiger partial charge in [0.05, 0.1) is 11.6 Å². The Morgan fingerprint density at radius 1 is 1.20 bits per heavy atom. The summed E-state index contributed by atoms with van der Waals surface area (Å²) in [4.78, 5) is 32.2. The van der Waals surface area contributed by atoms with Crippen molar-refractivity contribution in [3.8, 4) is 5.75 Å². The van der Waals surface area contributed by atoms with Crippen molar-refractivity contribution < 1.29 is 9.53 Å². The molecule has 1 amide bonds. The zero-order valence-electron chi connectivity index (χ0n) is 17.2. The van der Waals surface area contributed by atoms with Crippen LogP contribution in [-0.4, -0.2) is 44.6 Å². The lowest BCUT2D eigenvalue weighted by molar-refractivity contribution is -0.132. The Labute approximate surface area is 174 Å². The molecule has 156 valence electrons. The van der Waals surface area contributed by atoms with Crippen molar-refractivity contribution in [2.75, 3.05) is 19.7 Å². The van der Waals surface area contributed by atoms with Gasteiger partial charge >= 0.3 is 5.69 Å². The number of carbonyl (C=O) groups is 1. The number of fused-ring (bicyclic) bond motifs is 1. The second-order valence-electron chi connectivity index (χ2n) is 8.44. The SMILES string of the molecule is Cc1cccc(OCC(=O)N2CC[C@@H](n3c(=O)n(CC4CC4)c4cccnc43)C2)c1. The lowest BCUT2D eigenvalue weighted by Crippen LogP contribution is -2.35. The number of hydrogen-bond acceptors (Lipinski definition) is 4. The van der Waals surface area contributed by atoms with Crippen molar-refractivity contribution in [1.29, 1.82) is 0 Å². The van der Waals surface area contributed by atoms with Crippen LogP contribution in [0, 0.1) is 12.8 Å². The first-order valence-corrected chi connectivity index (χ1v) is 10.6. The number of nitrogens with zero attached hydrogens (tertiary/aromatic N) is 4. The summed E-state index contributed by atoms with van der Waals surface area (Å²) in [5.74, 6) is 1.24. The van der Waals surface area contributed by atoms with Gasteiger partial charge in [-0.05, 0) is 61.9 Å². The van der Waals surface area contributed by atoms with Gasteiger partial charge in [-0.1, -0.05) is 12.1 Å². The van der Waals surface area contributed by atoms with Crippen molar-refractivity contribution in [3.63, 3.8) is 0 Å². The normalized spacial score (nSPS) is 18.8. The van der Waals surface area contributed by atoms with Crippen LogP contribution < -0.4 is 10.4 Å². The molecule has 1 aliphatic carbocycles. The average Bonchev–Trinajstić information content (AvgIpc) is 3.37. The Balaban J connectivity index is 1.32. The highest BCUT2D eigenvalue weighted by Crippen LogP contribution is 2.32. The number of imidazole rings is 1. The minimum absolute atomic E-state index is 0.00671. The first-order valence-electron chi connectivity index (χ1n) is 10.6. The summed E-state index contributed by atoms with van der Waals surface area (Å²) in [6.45, 7) is 3.88. The van der Waals surface area contributed by atoms with Gasteiger partial charge < -0.3 is 9.64 Å². The van der Waals surface area contributed by atoms with Crippen LogP contribution in [0.5, 0.6) is 5.75 Å². The molecule has 1 atom stereocenters. The van der Waals surface area contributed by atoms with Gasteiger partial charge in [0.15, 0.2) is 12.3 Å². The van der Waals surface area contributed by atoms with Crippen LogP contribution in [0.15, 0.2) is 47.4 Å². The summed E-state index contributed by atoms with van der Waals surface area (Å²) < 4.78 is 9.34. The largest absolute Gasteiger partial charge is 0.484 e. The van der Waals surface area contributed by atoms with Gasteiger partial charge in [0, 0.05) is 25.8 Å². The van der Waals surface area contributed by atoms with E-state index in [0.717, 1.165) is 29.7 Å². The number of carbonyl (C=O) groups excluding carboxylic acids is 1. The molecule has 0 radical (unpaired) electrons. The van der Waals surface area contributed by atoms with Crippen LogP contribution in [0.3, 0.4) is 0 Å². The van der Waals surface area contributed by atoms with E-state index in [1.54, 1.807) is 15.7 Å². The molecule has 0 N–H and O–H groups in total. The summed E-state index contributed by atoms with van der Waals surface area (Å²) in [7, 11) is 0. The fraction of sp³-hybridized carbons (Fsp3) is 0.435. The molecule has 3 aromatic rings. The molecule has 2 fully saturated rings. The van der Waals surface area contributed by atoms with Crippen LogP contribution in [-0.2, 0) is 11.3 Å². The van der Waals surface area contributed by atoms with Crippen LogP contribution in [0.4, 0.5) is 0 Å². The number of hydrogen-bond donors (Lipinski definition) is 0. The number of amides is 1. The van der Waals surface area contributed by atoms with Crippen molar-refractivity contribution in [2.24, 2.45) is 5.92 Å². The van der Waals surface area contributed by atoms with Gasteiger partial charge in [-0.3, -0.25) is 13.9 Å². The minimum Gasteiger partial charge on any atom is -0.484 e.